The van der Waals surface area contributed by atoms with Crippen LogP contribution in [-0.2, 0) is 6.54 Å². The van der Waals surface area contributed by atoms with Gasteiger partial charge in [-0.15, -0.1) is 11.3 Å². The molecule has 0 saturated carbocycles. The summed E-state index contributed by atoms with van der Waals surface area (Å²) in [5, 5.41) is 1.87. The van der Waals surface area contributed by atoms with Crippen molar-refractivity contribution in [2.75, 3.05) is 0 Å². The number of para-hydroxylation sites is 1. The van der Waals surface area contributed by atoms with E-state index in [0.29, 0.717) is 22.4 Å². The Labute approximate surface area is 161 Å². The summed E-state index contributed by atoms with van der Waals surface area (Å²) in [6, 6.07) is 15.6. The van der Waals surface area contributed by atoms with Crippen molar-refractivity contribution in [2.45, 2.75) is 27.3 Å². The van der Waals surface area contributed by atoms with Gasteiger partial charge in [0.1, 0.15) is 4.70 Å². The lowest BCUT2D eigenvalue weighted by Crippen LogP contribution is -2.39. The number of aromatic nitrogens is 2. The maximum Gasteiger partial charge on any atom is 0.336 e. The molecule has 0 spiro atoms. The summed E-state index contributed by atoms with van der Waals surface area (Å²) in [5.41, 5.74) is 5.03. The van der Waals surface area contributed by atoms with E-state index >= 15 is 0 Å². The molecular weight excluding hydrogens is 356 g/mol. The third kappa shape index (κ3) is 2.94. The number of aryl methyl sites for hydroxylation is 3. The molecule has 0 aliphatic carbocycles. The van der Waals surface area contributed by atoms with E-state index in [1.165, 1.54) is 15.9 Å². The van der Waals surface area contributed by atoms with Gasteiger partial charge in [-0.25, -0.2) is 9.36 Å². The first kappa shape index (κ1) is 17.5. The van der Waals surface area contributed by atoms with Crippen molar-refractivity contribution in [1.82, 2.24) is 9.13 Å². The van der Waals surface area contributed by atoms with E-state index in [2.05, 4.69) is 18.2 Å². The van der Waals surface area contributed by atoms with Crippen molar-refractivity contribution in [3.63, 3.8) is 0 Å². The molecule has 136 valence electrons. The first-order chi connectivity index (χ1) is 13.0. The standard InChI is InChI=1S/C22H20N2O2S/c1-14-8-9-15(2)17(12-14)13-23-19-10-11-27-20(19)21(25)24(22(23)26)18-7-5-4-6-16(18)3/h4-12H,13H2,1-3H3. The lowest BCUT2D eigenvalue weighted by atomic mass is 10.1. The van der Waals surface area contributed by atoms with Crippen LogP contribution in [0.25, 0.3) is 15.9 Å². The lowest BCUT2D eigenvalue weighted by Gasteiger charge is -2.15. The first-order valence-corrected chi connectivity index (χ1v) is 9.70. The fourth-order valence-electron chi connectivity index (χ4n) is 3.41. The summed E-state index contributed by atoms with van der Waals surface area (Å²) >= 11 is 1.38. The van der Waals surface area contributed by atoms with Gasteiger partial charge in [-0.1, -0.05) is 42.0 Å². The molecule has 0 atom stereocenters. The minimum Gasteiger partial charge on any atom is -0.288 e. The van der Waals surface area contributed by atoms with Gasteiger partial charge in [0, 0.05) is 0 Å². The molecule has 2 aromatic carbocycles. The van der Waals surface area contributed by atoms with Gasteiger partial charge in [0.2, 0.25) is 0 Å². The topological polar surface area (TPSA) is 44.0 Å². The number of benzene rings is 2. The molecule has 4 nitrogen and oxygen atoms in total. The van der Waals surface area contributed by atoms with Gasteiger partial charge in [0.25, 0.3) is 5.56 Å². The molecule has 0 aliphatic rings. The summed E-state index contributed by atoms with van der Waals surface area (Å²) in [4.78, 5) is 26.4. The molecule has 0 radical (unpaired) electrons. The Morgan fingerprint density at radius 1 is 0.926 bits per heavy atom. The highest BCUT2D eigenvalue weighted by molar-refractivity contribution is 7.17. The highest BCUT2D eigenvalue weighted by Gasteiger charge is 2.17. The molecule has 2 heterocycles. The predicted molar refractivity (Wildman–Crippen MR) is 111 cm³/mol. The average molecular weight is 376 g/mol. The number of thiophene rings is 1. The minimum absolute atomic E-state index is 0.253. The van der Waals surface area contributed by atoms with Crippen molar-refractivity contribution in [3.05, 3.63) is 97.0 Å². The second kappa shape index (κ2) is 6.67. The van der Waals surface area contributed by atoms with Crippen LogP contribution in [0.2, 0.25) is 0 Å². The van der Waals surface area contributed by atoms with E-state index in [1.807, 2.05) is 56.5 Å². The number of hydrogen-bond donors (Lipinski definition) is 0. The van der Waals surface area contributed by atoms with Crippen LogP contribution in [0.5, 0.6) is 0 Å². The molecule has 0 saturated heterocycles. The first-order valence-electron chi connectivity index (χ1n) is 8.82. The van der Waals surface area contributed by atoms with Crippen molar-refractivity contribution in [1.29, 1.82) is 0 Å². The Morgan fingerprint density at radius 3 is 2.48 bits per heavy atom. The molecular formula is C22H20N2O2S. The largest absolute Gasteiger partial charge is 0.336 e. The van der Waals surface area contributed by atoms with Crippen LogP contribution in [0.1, 0.15) is 22.3 Å². The highest BCUT2D eigenvalue weighted by atomic mass is 32.1. The monoisotopic (exact) mass is 376 g/mol. The van der Waals surface area contributed by atoms with Gasteiger partial charge >= 0.3 is 5.69 Å². The summed E-state index contributed by atoms with van der Waals surface area (Å²) < 4.78 is 3.61. The number of fused-ring (bicyclic) bond motifs is 1. The molecule has 0 bridgehead atoms. The Hall–Kier alpha value is -2.92. The second-order valence-electron chi connectivity index (χ2n) is 6.86. The van der Waals surface area contributed by atoms with Crippen molar-refractivity contribution >= 4 is 21.6 Å². The maximum absolute atomic E-state index is 13.4. The Balaban J connectivity index is 2.03. The van der Waals surface area contributed by atoms with Gasteiger partial charge in [0.15, 0.2) is 0 Å². The second-order valence-corrected chi connectivity index (χ2v) is 7.78. The fourth-order valence-corrected chi connectivity index (χ4v) is 4.23. The van der Waals surface area contributed by atoms with Gasteiger partial charge in [-0.3, -0.25) is 9.36 Å². The van der Waals surface area contributed by atoms with Crippen LogP contribution in [0.4, 0.5) is 0 Å². The van der Waals surface area contributed by atoms with Crippen molar-refractivity contribution < 1.29 is 0 Å². The summed E-state index contributed by atoms with van der Waals surface area (Å²) in [7, 11) is 0. The molecule has 0 fully saturated rings. The maximum atomic E-state index is 13.4. The zero-order valence-electron chi connectivity index (χ0n) is 15.5. The molecule has 0 N–H and O–H groups in total. The molecule has 4 aromatic rings. The fraction of sp³-hybridized carbons (Fsp3) is 0.182. The van der Waals surface area contributed by atoms with Gasteiger partial charge in [-0.2, -0.15) is 0 Å². The van der Waals surface area contributed by atoms with Gasteiger partial charge < -0.3 is 0 Å². The van der Waals surface area contributed by atoms with Crippen molar-refractivity contribution in [2.24, 2.45) is 0 Å². The summed E-state index contributed by atoms with van der Waals surface area (Å²) in [6.45, 7) is 6.43. The molecule has 0 amide bonds. The molecule has 4 rings (SSSR count). The quantitative estimate of drug-likeness (QED) is 0.538. The van der Waals surface area contributed by atoms with Crippen LogP contribution >= 0.6 is 11.3 Å². The predicted octanol–water partition coefficient (Wildman–Crippen LogP) is 4.19. The lowest BCUT2D eigenvalue weighted by molar-refractivity contribution is 0.712. The van der Waals surface area contributed by atoms with Crippen LogP contribution in [-0.4, -0.2) is 9.13 Å². The third-order valence-corrected chi connectivity index (χ3v) is 5.84. The van der Waals surface area contributed by atoms with Crippen LogP contribution < -0.4 is 11.2 Å². The summed E-state index contributed by atoms with van der Waals surface area (Å²) in [5.74, 6) is 0. The van der Waals surface area contributed by atoms with E-state index in [1.54, 1.807) is 4.57 Å². The summed E-state index contributed by atoms with van der Waals surface area (Å²) in [6.07, 6.45) is 0. The Morgan fingerprint density at radius 2 is 1.70 bits per heavy atom. The third-order valence-electron chi connectivity index (χ3n) is 4.94. The zero-order chi connectivity index (χ0) is 19.1. The Kier molecular flexibility index (Phi) is 4.32. The number of hydrogen-bond acceptors (Lipinski definition) is 3. The van der Waals surface area contributed by atoms with Crippen LogP contribution in [0, 0.1) is 20.8 Å². The normalized spacial score (nSPS) is 11.2. The molecule has 27 heavy (non-hydrogen) atoms. The van der Waals surface area contributed by atoms with E-state index in [-0.39, 0.29) is 11.2 Å². The average Bonchev–Trinajstić information content (AvgIpc) is 3.13. The van der Waals surface area contributed by atoms with E-state index in [9.17, 15) is 9.59 Å². The van der Waals surface area contributed by atoms with Gasteiger partial charge in [0.05, 0.1) is 17.7 Å². The smallest absolute Gasteiger partial charge is 0.288 e. The number of nitrogens with zero attached hydrogens (tertiary/aromatic N) is 2. The van der Waals surface area contributed by atoms with E-state index in [4.69, 9.17) is 0 Å². The van der Waals surface area contributed by atoms with E-state index in [0.717, 1.165) is 22.3 Å². The highest BCUT2D eigenvalue weighted by Crippen LogP contribution is 2.20. The van der Waals surface area contributed by atoms with Gasteiger partial charge in [-0.05, 0) is 55.0 Å². The minimum atomic E-state index is -0.305. The molecule has 0 unspecified atom stereocenters. The van der Waals surface area contributed by atoms with Crippen LogP contribution in [0.3, 0.4) is 0 Å². The molecule has 2 aromatic heterocycles. The number of rotatable bonds is 3. The molecule has 5 heteroatoms. The SMILES string of the molecule is Cc1ccc(C)c(Cn2c(=O)n(-c3ccccc3C)c(=O)c3sccc32)c1. The van der Waals surface area contributed by atoms with Crippen molar-refractivity contribution in [3.8, 4) is 5.69 Å². The van der Waals surface area contributed by atoms with Crippen LogP contribution in [0.15, 0.2) is 63.5 Å². The zero-order valence-corrected chi connectivity index (χ0v) is 16.3. The Bertz CT molecular complexity index is 1280. The molecule has 0 aliphatic heterocycles. The van der Waals surface area contributed by atoms with E-state index < -0.39 is 0 Å².